The number of thiol groups is 1. The molecular formula is C59H85N7O15S. The third-order valence-corrected chi connectivity index (χ3v) is 17.1. The van der Waals surface area contributed by atoms with Crippen molar-refractivity contribution in [2.24, 2.45) is 35.5 Å². The number of carbonyl (C=O) groups excluding carboxylic acids is 11. The molecule has 1 aliphatic carbocycles. The first-order chi connectivity index (χ1) is 38.7. The monoisotopic (exact) mass is 1160 g/mol. The number of methoxy groups -OCH3 is 1. The summed E-state index contributed by atoms with van der Waals surface area (Å²) in [4.78, 5) is 163. The lowest BCUT2D eigenvalue weighted by Gasteiger charge is -2.42. The summed E-state index contributed by atoms with van der Waals surface area (Å²) in [6, 6.07) is 3.74. The molecule has 8 amide bonds. The van der Waals surface area contributed by atoms with Crippen molar-refractivity contribution in [3.8, 4) is 0 Å². The van der Waals surface area contributed by atoms with Crippen molar-refractivity contribution in [3.63, 3.8) is 0 Å². The van der Waals surface area contributed by atoms with Crippen LogP contribution in [0.3, 0.4) is 0 Å². The van der Waals surface area contributed by atoms with Gasteiger partial charge in [0.05, 0.1) is 30.4 Å². The van der Waals surface area contributed by atoms with Gasteiger partial charge in [-0.15, -0.1) is 0 Å². The molecule has 452 valence electrons. The van der Waals surface area contributed by atoms with Gasteiger partial charge >= 0.3 is 18.0 Å². The summed E-state index contributed by atoms with van der Waals surface area (Å²) < 4.78 is 22.6. The largest absolute Gasteiger partial charge is 0.499 e. The second kappa shape index (κ2) is 27.8. The normalized spacial score (nSPS) is 24.5. The number of carbonyl (C=O) groups is 11. The Morgan fingerprint density at radius 3 is 1.99 bits per heavy atom. The molecule has 22 nitrogen and oxygen atoms in total. The topological polar surface area (TPSA) is 256 Å². The molecule has 8 atom stereocenters. The molecule has 3 saturated heterocycles. The van der Waals surface area contributed by atoms with Crippen molar-refractivity contribution < 1.29 is 71.7 Å². The quantitative estimate of drug-likeness (QED) is 0.0513. The fourth-order valence-electron chi connectivity index (χ4n) is 12.4. The molecule has 5 aliphatic rings. The number of amides is 8. The Balaban J connectivity index is 1.23. The van der Waals surface area contributed by atoms with Crippen LogP contribution in [-0.2, 0) is 73.3 Å². The summed E-state index contributed by atoms with van der Waals surface area (Å²) in [5.74, 6) is -9.09. The van der Waals surface area contributed by atoms with Crippen LogP contribution in [0.5, 0.6) is 0 Å². The van der Waals surface area contributed by atoms with Crippen LogP contribution in [0.15, 0.2) is 42.2 Å². The van der Waals surface area contributed by atoms with E-state index in [2.05, 4.69) is 17.9 Å². The summed E-state index contributed by atoms with van der Waals surface area (Å²) in [6.45, 7) is 13.2. The van der Waals surface area contributed by atoms with Crippen molar-refractivity contribution >= 4 is 77.8 Å². The van der Waals surface area contributed by atoms with Gasteiger partial charge in [0.2, 0.25) is 41.9 Å². The van der Waals surface area contributed by atoms with E-state index in [9.17, 15) is 38.4 Å². The second-order valence-corrected chi connectivity index (χ2v) is 24.7. The third kappa shape index (κ3) is 14.0. The summed E-state index contributed by atoms with van der Waals surface area (Å²) in [6.07, 6.45) is 1.15. The minimum Gasteiger partial charge on any atom is -0.499 e. The fourth-order valence-corrected chi connectivity index (χ4v) is 12.7. The lowest BCUT2D eigenvalue weighted by molar-refractivity contribution is -0.179. The molecule has 1 aromatic rings. The Hall–Kier alpha value is -6.36. The number of benzene rings is 1. The number of rotatable bonds is 23. The molecule has 0 bridgehead atoms. The average molecular weight is 1160 g/mol. The number of ketones is 1. The molecule has 4 fully saturated rings. The van der Waals surface area contributed by atoms with Crippen LogP contribution in [0.25, 0.3) is 0 Å². The van der Waals surface area contributed by atoms with Gasteiger partial charge in [0, 0.05) is 45.6 Å². The van der Waals surface area contributed by atoms with Gasteiger partial charge in [0.1, 0.15) is 23.9 Å². The minimum absolute atomic E-state index is 0.0219. The molecule has 1 saturated carbocycles. The minimum atomic E-state index is -2.44. The van der Waals surface area contributed by atoms with Gasteiger partial charge in [-0.1, -0.05) is 85.7 Å². The number of hydrogen-bond donors (Lipinski definition) is 2. The van der Waals surface area contributed by atoms with Gasteiger partial charge in [-0.05, 0) is 101 Å². The van der Waals surface area contributed by atoms with E-state index in [1.54, 1.807) is 60.5 Å². The molecule has 82 heavy (non-hydrogen) atoms. The maximum Gasteiger partial charge on any atom is 0.413 e. The Morgan fingerprint density at radius 1 is 0.780 bits per heavy atom. The van der Waals surface area contributed by atoms with E-state index in [-0.39, 0.29) is 81.1 Å². The number of esters is 2. The van der Waals surface area contributed by atoms with Crippen molar-refractivity contribution in [1.29, 1.82) is 0 Å². The predicted molar refractivity (Wildman–Crippen MR) is 301 cm³/mol. The first-order valence-corrected chi connectivity index (χ1v) is 29.3. The number of nitrogens with one attached hydrogen (secondary N) is 1. The first kappa shape index (κ1) is 64.8. The Morgan fingerprint density at radius 2 is 1.43 bits per heavy atom. The number of likely N-dealkylation sites (tertiary alicyclic amines) is 3. The molecule has 0 radical (unpaired) electrons. The van der Waals surface area contributed by atoms with E-state index in [1.165, 1.54) is 30.0 Å². The highest BCUT2D eigenvalue weighted by Gasteiger charge is 2.61. The van der Waals surface area contributed by atoms with Gasteiger partial charge in [-0.2, -0.15) is 12.6 Å². The molecule has 2 unspecified atom stereocenters. The Bertz CT molecular complexity index is 2590. The number of imide groups is 2. The highest BCUT2D eigenvalue weighted by Crippen LogP contribution is 2.39. The van der Waals surface area contributed by atoms with Crippen molar-refractivity contribution in [3.05, 3.63) is 47.7 Å². The van der Waals surface area contributed by atoms with E-state index in [0.29, 0.717) is 32.1 Å². The first-order valence-electron chi connectivity index (χ1n) is 28.8. The van der Waals surface area contributed by atoms with Crippen LogP contribution < -0.4 is 5.32 Å². The summed E-state index contributed by atoms with van der Waals surface area (Å²) in [5.41, 5.74) is -1.65. The number of nitrogens with zero attached hydrogens (tertiary/aromatic N) is 6. The number of hydrogen-bond acceptors (Lipinski definition) is 17. The Labute approximate surface area is 487 Å². The number of likely N-dealkylation sites (N-methyl/N-ethyl adjacent to an activating group) is 2. The lowest BCUT2D eigenvalue weighted by Crippen LogP contribution is -2.68. The SMILES string of the molecule is COC1=CC(=O)N(C(=O)[C@@H](OC(=O)[C@]2(C(=O)C(NC(=O)[C@H](C(C)C)N(C)C)C(C)C)CCCN2C(=O)[C@@H]2CCCN2C(=O)[C@H](C(C)C)N(C)C(=O)OCOC(=O)C2CCC(CN3C(=O)CC(S)C3=O)CC2)C(C)C)[C@H]1Cc1ccccc1. The molecule has 1 N–H and O–H groups in total. The predicted octanol–water partition coefficient (Wildman–Crippen LogP) is 4.17. The molecule has 0 spiro atoms. The Kier molecular flexibility index (Phi) is 22.0. The van der Waals surface area contributed by atoms with Gasteiger partial charge in [-0.3, -0.25) is 62.8 Å². The van der Waals surface area contributed by atoms with Crippen molar-refractivity contribution in [1.82, 2.24) is 34.7 Å². The van der Waals surface area contributed by atoms with Crippen LogP contribution in [0.4, 0.5) is 4.79 Å². The van der Waals surface area contributed by atoms with E-state index in [0.717, 1.165) is 20.3 Å². The van der Waals surface area contributed by atoms with Gasteiger partial charge in [0.25, 0.3) is 11.8 Å². The fraction of sp³-hybridized carbons (Fsp3) is 0.678. The zero-order valence-corrected chi connectivity index (χ0v) is 50.5. The van der Waals surface area contributed by atoms with Gasteiger partial charge in [0.15, 0.2) is 11.9 Å². The third-order valence-electron chi connectivity index (χ3n) is 16.7. The van der Waals surface area contributed by atoms with Gasteiger partial charge in [-0.25, -0.2) is 9.59 Å². The zero-order valence-electron chi connectivity index (χ0n) is 49.6. The van der Waals surface area contributed by atoms with E-state index in [4.69, 9.17) is 18.9 Å². The molecular weight excluding hydrogens is 1080 g/mol. The zero-order chi connectivity index (χ0) is 60.7. The molecule has 0 aromatic heterocycles. The van der Waals surface area contributed by atoms with Crippen LogP contribution >= 0.6 is 12.6 Å². The molecule has 1 aromatic carbocycles. The van der Waals surface area contributed by atoms with Gasteiger partial charge < -0.3 is 34.1 Å². The molecule has 4 aliphatic heterocycles. The highest BCUT2D eigenvalue weighted by molar-refractivity contribution is 7.81. The molecule has 6 rings (SSSR count). The lowest BCUT2D eigenvalue weighted by atomic mass is 9.81. The standard InChI is InChI=1S/C59H85N7O15S/c1-33(2)46(60-51(70)47(34(3)4)61(9)10)50(69)59(57(76)81-49(36(7)8)55(74)66-41(42(78-12)29-45(66)68)28-37-18-14-13-15-19-37)25-17-27-65(59)52(71)40-20-16-26-63(40)54(73)48(35(5)6)62(11)58(77)80-32-79-56(75)39-23-21-38(22-24-39)31-64-44(67)30-43(82)53(64)72/h13-15,18-19,29,33-36,38-41,43,46-49,82H,16-17,20-28,30-32H2,1-12H3,(H,60,70)/t38?,39?,40-,41-,43?,46?,47-,48-,49-,59+/m0/s1. The highest BCUT2D eigenvalue weighted by atomic mass is 32.1. The summed E-state index contributed by atoms with van der Waals surface area (Å²) in [5, 5.41) is 2.26. The van der Waals surface area contributed by atoms with Crippen LogP contribution in [0.1, 0.15) is 119 Å². The van der Waals surface area contributed by atoms with Crippen molar-refractivity contribution in [2.45, 2.75) is 167 Å². The molecule has 23 heteroatoms. The van der Waals surface area contributed by atoms with E-state index in [1.807, 2.05) is 44.2 Å². The van der Waals surface area contributed by atoms with E-state index >= 15 is 14.4 Å². The van der Waals surface area contributed by atoms with Crippen LogP contribution in [0, 0.1) is 35.5 Å². The van der Waals surface area contributed by atoms with E-state index < -0.39 is 131 Å². The van der Waals surface area contributed by atoms with Crippen molar-refractivity contribution in [2.75, 3.05) is 54.7 Å². The summed E-state index contributed by atoms with van der Waals surface area (Å²) in [7, 11) is 6.20. The smallest absolute Gasteiger partial charge is 0.413 e. The second-order valence-electron chi connectivity index (χ2n) is 24.0. The summed E-state index contributed by atoms with van der Waals surface area (Å²) >= 11 is 4.19. The van der Waals surface area contributed by atoms with Crippen LogP contribution in [0.2, 0.25) is 0 Å². The maximum atomic E-state index is 15.7. The average Bonchev–Trinajstić information content (AvgIpc) is 2.39. The maximum absolute atomic E-state index is 15.7. The van der Waals surface area contributed by atoms with Crippen LogP contribution in [-0.4, -0.2) is 196 Å². The number of ether oxygens (including phenoxy) is 4. The molecule has 4 heterocycles. The number of Topliss-reactive ketones (excluding diaryl/α,β-unsaturated/α-hetero) is 1.